The number of unbranched alkanes of at least 4 members (excludes halogenated alkanes) is 2. The lowest BCUT2D eigenvalue weighted by Gasteiger charge is -2.27. The molecule has 1 saturated carbocycles. The van der Waals surface area contributed by atoms with Crippen molar-refractivity contribution in [2.45, 2.75) is 64.7 Å². The Morgan fingerprint density at radius 3 is 2.75 bits per heavy atom. The summed E-state index contributed by atoms with van der Waals surface area (Å²) < 4.78 is 0. The van der Waals surface area contributed by atoms with Crippen LogP contribution in [0.25, 0.3) is 22.5 Å². The van der Waals surface area contributed by atoms with Gasteiger partial charge in [0.1, 0.15) is 5.82 Å². The van der Waals surface area contributed by atoms with Gasteiger partial charge in [-0.1, -0.05) is 69.7 Å². The van der Waals surface area contributed by atoms with Gasteiger partial charge in [0.25, 0.3) is 0 Å². The lowest BCUT2D eigenvalue weighted by atomic mass is 9.77. The first kappa shape index (κ1) is 24.0. The molecule has 0 spiro atoms. The summed E-state index contributed by atoms with van der Waals surface area (Å²) in [6, 6.07) is 10.2. The van der Waals surface area contributed by atoms with Gasteiger partial charge >= 0.3 is 0 Å². The third-order valence-electron chi connectivity index (χ3n) is 7.18. The van der Waals surface area contributed by atoms with E-state index in [1.54, 1.807) is 12.4 Å². The van der Waals surface area contributed by atoms with Crippen LogP contribution < -0.4 is 0 Å². The summed E-state index contributed by atoms with van der Waals surface area (Å²) in [6.45, 7) is 2.23. The molecule has 0 amide bonds. The summed E-state index contributed by atoms with van der Waals surface area (Å²) in [7, 11) is 0. The maximum absolute atomic E-state index is 13.1. The maximum atomic E-state index is 13.1. The second-order valence-corrected chi connectivity index (χ2v) is 9.74. The molecule has 3 heterocycles. The molecule has 2 atom stereocenters. The van der Waals surface area contributed by atoms with Crippen molar-refractivity contribution in [1.29, 1.82) is 0 Å². The fraction of sp³-hybridized carbons (Fsp3) is 0.444. The zero-order valence-electron chi connectivity index (χ0n) is 20.7. The van der Waals surface area contributed by atoms with Gasteiger partial charge in [0.05, 0.1) is 0 Å². The van der Waals surface area contributed by atoms with Crippen molar-refractivity contribution in [2.75, 3.05) is 0 Å². The Morgan fingerprint density at radius 2 is 1.94 bits per heavy atom. The summed E-state index contributed by atoms with van der Waals surface area (Å²) in [5.41, 5.74) is 3.94. The van der Waals surface area contributed by atoms with Crippen LogP contribution in [-0.2, 0) is 6.42 Å². The van der Waals surface area contributed by atoms with Gasteiger partial charge in [-0.2, -0.15) is 5.10 Å². The van der Waals surface area contributed by atoms with Crippen molar-refractivity contribution in [1.82, 2.24) is 40.8 Å². The molecule has 0 radical (unpaired) electrons. The third kappa shape index (κ3) is 5.56. The van der Waals surface area contributed by atoms with Crippen LogP contribution in [0.2, 0.25) is 0 Å². The van der Waals surface area contributed by atoms with Gasteiger partial charge in [0, 0.05) is 30.3 Å². The molecule has 9 heteroatoms. The number of carbonyl (C=O) groups is 1. The monoisotopic (exact) mass is 484 g/mol. The standard InChI is InChI=1S/C27H32N8O/c1-2-3-4-6-18-7-5-8-21(15-18)25(36)27-29-24(30-31-27)16-19-9-11-20(12-10-19)22-13-14-28-17-23(22)26-32-34-35-33-26/h9-14,17-18,21H,2-8,15-16H2,1H3,(H,29,30,31)(H,32,33,34,35). The van der Waals surface area contributed by atoms with Crippen LogP contribution in [-0.4, -0.2) is 46.6 Å². The Labute approximate surface area is 210 Å². The normalized spacial score (nSPS) is 17.8. The van der Waals surface area contributed by atoms with Gasteiger partial charge in [-0.15, -0.1) is 5.10 Å². The maximum Gasteiger partial charge on any atom is 0.217 e. The van der Waals surface area contributed by atoms with Crippen molar-refractivity contribution < 1.29 is 4.79 Å². The number of nitrogens with one attached hydrogen (secondary N) is 2. The number of aromatic amines is 2. The molecular formula is C27H32N8O. The number of carbonyl (C=O) groups excluding carboxylic acids is 1. The molecule has 1 aliphatic rings. The van der Waals surface area contributed by atoms with E-state index < -0.39 is 0 Å². The molecule has 36 heavy (non-hydrogen) atoms. The predicted molar refractivity (Wildman–Crippen MR) is 136 cm³/mol. The highest BCUT2D eigenvalue weighted by Crippen LogP contribution is 2.34. The van der Waals surface area contributed by atoms with Crippen LogP contribution in [0, 0.1) is 11.8 Å². The quantitative estimate of drug-likeness (QED) is 0.234. The lowest BCUT2D eigenvalue weighted by molar-refractivity contribution is 0.0848. The van der Waals surface area contributed by atoms with E-state index in [4.69, 9.17) is 0 Å². The number of nitrogens with zero attached hydrogens (tertiary/aromatic N) is 6. The molecule has 9 nitrogen and oxygen atoms in total. The van der Waals surface area contributed by atoms with Crippen LogP contribution >= 0.6 is 0 Å². The first-order valence-corrected chi connectivity index (χ1v) is 12.9. The number of pyridine rings is 1. The fourth-order valence-corrected chi connectivity index (χ4v) is 5.25. The predicted octanol–water partition coefficient (Wildman–Crippen LogP) is 5.21. The number of hydrogen-bond donors (Lipinski definition) is 2. The summed E-state index contributed by atoms with van der Waals surface area (Å²) >= 11 is 0. The van der Waals surface area contributed by atoms with Crippen molar-refractivity contribution >= 4 is 5.78 Å². The molecule has 0 saturated heterocycles. The van der Waals surface area contributed by atoms with Gasteiger partial charge < -0.3 is 0 Å². The van der Waals surface area contributed by atoms with Crippen LogP contribution in [0.5, 0.6) is 0 Å². The topological polar surface area (TPSA) is 126 Å². The molecular weight excluding hydrogens is 452 g/mol. The van der Waals surface area contributed by atoms with Crippen LogP contribution in [0.15, 0.2) is 42.7 Å². The fourth-order valence-electron chi connectivity index (χ4n) is 5.25. The second kappa shape index (κ2) is 11.3. The zero-order valence-corrected chi connectivity index (χ0v) is 20.7. The summed E-state index contributed by atoms with van der Waals surface area (Å²) in [6.07, 6.45) is 13.4. The van der Waals surface area contributed by atoms with E-state index in [2.05, 4.69) is 72.0 Å². The molecule has 1 fully saturated rings. The molecule has 5 rings (SSSR count). The van der Waals surface area contributed by atoms with Gasteiger partial charge in [0.2, 0.25) is 11.6 Å². The van der Waals surface area contributed by atoms with E-state index in [1.165, 1.54) is 32.1 Å². The number of H-pyrrole nitrogens is 2. The summed E-state index contributed by atoms with van der Waals surface area (Å²) in [4.78, 5) is 21.9. The van der Waals surface area contributed by atoms with Gasteiger partial charge in [-0.25, -0.2) is 10.1 Å². The molecule has 0 aliphatic heterocycles. The third-order valence-corrected chi connectivity index (χ3v) is 7.18. The highest BCUT2D eigenvalue weighted by atomic mass is 16.1. The van der Waals surface area contributed by atoms with Gasteiger partial charge in [0.15, 0.2) is 5.82 Å². The van der Waals surface area contributed by atoms with E-state index in [9.17, 15) is 4.79 Å². The number of ketones is 1. The Morgan fingerprint density at radius 1 is 1.06 bits per heavy atom. The van der Waals surface area contributed by atoms with Crippen molar-refractivity contribution in [3.8, 4) is 22.5 Å². The molecule has 1 aromatic carbocycles. The molecule has 186 valence electrons. The molecule has 2 unspecified atom stereocenters. The number of hydrogen-bond acceptors (Lipinski definition) is 7. The van der Waals surface area contributed by atoms with E-state index in [1.807, 2.05) is 6.07 Å². The highest BCUT2D eigenvalue weighted by Gasteiger charge is 2.29. The minimum absolute atomic E-state index is 0.0578. The number of aromatic nitrogens is 8. The Hall–Kier alpha value is -3.75. The van der Waals surface area contributed by atoms with E-state index in [0.717, 1.165) is 41.5 Å². The molecule has 4 aromatic rings. The van der Waals surface area contributed by atoms with Gasteiger partial charge in [-0.05, 0) is 51.9 Å². The second-order valence-electron chi connectivity index (χ2n) is 9.74. The van der Waals surface area contributed by atoms with E-state index in [-0.39, 0.29) is 11.7 Å². The summed E-state index contributed by atoms with van der Waals surface area (Å²) in [5, 5.41) is 21.4. The lowest BCUT2D eigenvalue weighted by Crippen LogP contribution is -2.24. The van der Waals surface area contributed by atoms with E-state index >= 15 is 0 Å². The largest absolute Gasteiger partial charge is 0.290 e. The minimum Gasteiger partial charge on any atom is -0.290 e. The number of Topliss-reactive ketones (excluding diaryl/α,β-unsaturated/α-hetero) is 1. The van der Waals surface area contributed by atoms with E-state index in [0.29, 0.717) is 29.8 Å². The number of tetrazole rings is 1. The molecule has 3 aromatic heterocycles. The van der Waals surface area contributed by atoms with Crippen molar-refractivity contribution in [3.63, 3.8) is 0 Å². The van der Waals surface area contributed by atoms with Crippen molar-refractivity contribution in [2.24, 2.45) is 11.8 Å². The Balaban J connectivity index is 1.23. The molecule has 1 aliphatic carbocycles. The molecule has 0 bridgehead atoms. The van der Waals surface area contributed by atoms with Crippen LogP contribution in [0.1, 0.15) is 80.3 Å². The minimum atomic E-state index is 0.0578. The zero-order chi connectivity index (χ0) is 24.7. The molecule has 2 N–H and O–H groups in total. The first-order chi connectivity index (χ1) is 17.7. The number of benzene rings is 1. The van der Waals surface area contributed by atoms with Crippen LogP contribution in [0.3, 0.4) is 0 Å². The Kier molecular flexibility index (Phi) is 7.54. The SMILES string of the molecule is CCCCCC1CCCC(C(=O)c2n[nH]c(Cc3ccc(-c4ccncc4-c4nnn[nH]4)cc3)n2)C1. The average molecular weight is 485 g/mol. The number of rotatable bonds is 10. The first-order valence-electron chi connectivity index (χ1n) is 12.9. The van der Waals surface area contributed by atoms with Crippen LogP contribution in [0.4, 0.5) is 0 Å². The average Bonchev–Trinajstić information content (AvgIpc) is 3.62. The summed E-state index contributed by atoms with van der Waals surface area (Å²) in [5.74, 6) is 2.44. The highest BCUT2D eigenvalue weighted by molar-refractivity contribution is 5.94. The Bertz CT molecular complexity index is 1270. The van der Waals surface area contributed by atoms with Crippen molar-refractivity contribution in [3.05, 3.63) is 59.9 Å². The smallest absolute Gasteiger partial charge is 0.217 e. The van der Waals surface area contributed by atoms with Gasteiger partial charge in [-0.3, -0.25) is 14.9 Å².